The first kappa shape index (κ1) is 11.4. The Morgan fingerprint density at radius 1 is 1.38 bits per heavy atom. The minimum absolute atomic E-state index is 0.183. The van der Waals surface area contributed by atoms with Crippen LogP contribution in [-0.4, -0.2) is 25.5 Å². The summed E-state index contributed by atoms with van der Waals surface area (Å²) >= 11 is 0. The summed E-state index contributed by atoms with van der Waals surface area (Å²) in [5, 5.41) is 3.45. The standard InChI is InChI=1S/C13H19NO2/c1-13(2)14-11(9-16-13)8-10-4-6-12(15-3)7-5-10/h4-7,11,14H,8-9H2,1-3H3/t11-/m0/s1. The molecule has 1 aliphatic heterocycles. The molecule has 1 atom stereocenters. The summed E-state index contributed by atoms with van der Waals surface area (Å²) in [5.41, 5.74) is 1.12. The first-order valence-electron chi connectivity index (χ1n) is 5.64. The van der Waals surface area contributed by atoms with Crippen LogP contribution in [0.4, 0.5) is 0 Å². The highest BCUT2D eigenvalue weighted by atomic mass is 16.5. The van der Waals surface area contributed by atoms with Crippen molar-refractivity contribution in [3.8, 4) is 5.75 Å². The lowest BCUT2D eigenvalue weighted by molar-refractivity contribution is 0.0231. The Balaban J connectivity index is 1.94. The molecule has 0 aromatic heterocycles. The van der Waals surface area contributed by atoms with Gasteiger partial charge >= 0.3 is 0 Å². The van der Waals surface area contributed by atoms with Crippen LogP contribution in [-0.2, 0) is 11.2 Å². The molecule has 1 N–H and O–H groups in total. The Hall–Kier alpha value is -1.06. The molecule has 1 aliphatic rings. The van der Waals surface area contributed by atoms with Crippen molar-refractivity contribution in [1.29, 1.82) is 0 Å². The first-order chi connectivity index (χ1) is 7.59. The molecule has 2 rings (SSSR count). The van der Waals surface area contributed by atoms with Gasteiger partial charge in [0.2, 0.25) is 0 Å². The van der Waals surface area contributed by atoms with Crippen molar-refractivity contribution in [2.24, 2.45) is 0 Å². The molecule has 0 aliphatic carbocycles. The third-order valence-electron chi connectivity index (χ3n) is 2.84. The number of nitrogens with one attached hydrogen (secondary N) is 1. The van der Waals surface area contributed by atoms with Crippen molar-refractivity contribution < 1.29 is 9.47 Å². The smallest absolute Gasteiger partial charge is 0.118 e. The van der Waals surface area contributed by atoms with Crippen molar-refractivity contribution in [2.45, 2.75) is 32.0 Å². The number of rotatable bonds is 3. The molecule has 88 valence electrons. The van der Waals surface area contributed by atoms with Gasteiger partial charge in [0.25, 0.3) is 0 Å². The molecule has 0 spiro atoms. The van der Waals surface area contributed by atoms with Gasteiger partial charge in [-0.1, -0.05) is 12.1 Å². The van der Waals surface area contributed by atoms with Crippen molar-refractivity contribution in [1.82, 2.24) is 5.32 Å². The topological polar surface area (TPSA) is 30.5 Å². The highest BCUT2D eigenvalue weighted by Crippen LogP contribution is 2.18. The second-order valence-corrected chi connectivity index (χ2v) is 4.71. The number of methoxy groups -OCH3 is 1. The molecule has 0 radical (unpaired) electrons. The van der Waals surface area contributed by atoms with Crippen molar-refractivity contribution in [3.63, 3.8) is 0 Å². The summed E-state index contributed by atoms with van der Waals surface area (Å²) in [5.74, 6) is 0.903. The van der Waals surface area contributed by atoms with Gasteiger partial charge in [0.05, 0.1) is 13.7 Å². The maximum absolute atomic E-state index is 5.63. The van der Waals surface area contributed by atoms with E-state index in [1.165, 1.54) is 5.56 Å². The Kier molecular flexibility index (Phi) is 3.17. The fourth-order valence-electron chi connectivity index (χ4n) is 2.04. The van der Waals surface area contributed by atoms with E-state index >= 15 is 0 Å². The van der Waals surface area contributed by atoms with E-state index in [1.54, 1.807) is 7.11 Å². The minimum atomic E-state index is -0.183. The maximum atomic E-state index is 5.63. The largest absolute Gasteiger partial charge is 0.497 e. The Morgan fingerprint density at radius 3 is 2.56 bits per heavy atom. The number of benzene rings is 1. The van der Waals surface area contributed by atoms with Crippen LogP contribution in [0.25, 0.3) is 0 Å². The normalized spacial score (nSPS) is 23.3. The molecule has 0 saturated carbocycles. The highest BCUT2D eigenvalue weighted by Gasteiger charge is 2.30. The predicted molar refractivity (Wildman–Crippen MR) is 63.7 cm³/mol. The van der Waals surface area contributed by atoms with Gasteiger partial charge in [-0.3, -0.25) is 5.32 Å². The van der Waals surface area contributed by atoms with Crippen LogP contribution < -0.4 is 10.1 Å². The number of hydrogen-bond donors (Lipinski definition) is 1. The van der Waals surface area contributed by atoms with E-state index in [0.29, 0.717) is 6.04 Å². The first-order valence-corrected chi connectivity index (χ1v) is 5.64. The van der Waals surface area contributed by atoms with E-state index < -0.39 is 0 Å². The zero-order valence-corrected chi connectivity index (χ0v) is 10.1. The van der Waals surface area contributed by atoms with Gasteiger partial charge in [-0.05, 0) is 38.0 Å². The SMILES string of the molecule is COc1ccc(C[C@H]2COC(C)(C)N2)cc1. The van der Waals surface area contributed by atoms with Crippen LogP contribution >= 0.6 is 0 Å². The van der Waals surface area contributed by atoms with Gasteiger partial charge in [0.15, 0.2) is 0 Å². The van der Waals surface area contributed by atoms with Crippen LogP contribution in [0, 0.1) is 0 Å². The van der Waals surface area contributed by atoms with Crippen LogP contribution in [0.5, 0.6) is 5.75 Å². The van der Waals surface area contributed by atoms with E-state index in [1.807, 2.05) is 12.1 Å². The summed E-state index contributed by atoms with van der Waals surface area (Å²) in [4.78, 5) is 0. The third-order valence-corrected chi connectivity index (χ3v) is 2.84. The summed E-state index contributed by atoms with van der Waals surface area (Å²) in [7, 11) is 1.68. The molecule has 0 unspecified atom stereocenters. The van der Waals surface area contributed by atoms with Crippen LogP contribution in [0.2, 0.25) is 0 Å². The minimum Gasteiger partial charge on any atom is -0.497 e. The van der Waals surface area contributed by atoms with E-state index in [0.717, 1.165) is 18.8 Å². The lowest BCUT2D eigenvalue weighted by Gasteiger charge is -2.18. The fourth-order valence-corrected chi connectivity index (χ4v) is 2.04. The summed E-state index contributed by atoms with van der Waals surface area (Å²) < 4.78 is 10.8. The molecule has 0 amide bonds. The van der Waals surface area contributed by atoms with Crippen molar-refractivity contribution in [2.75, 3.05) is 13.7 Å². The zero-order chi connectivity index (χ0) is 11.6. The predicted octanol–water partition coefficient (Wildman–Crippen LogP) is 1.96. The zero-order valence-electron chi connectivity index (χ0n) is 10.1. The average Bonchev–Trinajstić information content (AvgIpc) is 2.59. The molecule has 3 nitrogen and oxygen atoms in total. The van der Waals surface area contributed by atoms with Crippen molar-refractivity contribution in [3.05, 3.63) is 29.8 Å². The summed E-state index contributed by atoms with van der Waals surface area (Å²) in [6, 6.07) is 8.60. The van der Waals surface area contributed by atoms with Gasteiger partial charge in [-0.25, -0.2) is 0 Å². The Morgan fingerprint density at radius 2 is 2.06 bits per heavy atom. The monoisotopic (exact) mass is 221 g/mol. The highest BCUT2D eigenvalue weighted by molar-refractivity contribution is 5.27. The quantitative estimate of drug-likeness (QED) is 0.846. The van der Waals surface area contributed by atoms with E-state index in [9.17, 15) is 0 Å². The van der Waals surface area contributed by atoms with E-state index in [2.05, 4.69) is 31.3 Å². The van der Waals surface area contributed by atoms with Crippen molar-refractivity contribution >= 4 is 0 Å². The number of ether oxygens (including phenoxy) is 2. The van der Waals surface area contributed by atoms with Crippen LogP contribution in [0.3, 0.4) is 0 Å². The molecular formula is C13H19NO2. The summed E-state index contributed by atoms with van der Waals surface area (Å²) in [6.45, 7) is 4.89. The second-order valence-electron chi connectivity index (χ2n) is 4.71. The van der Waals surface area contributed by atoms with Crippen LogP contribution in [0.1, 0.15) is 19.4 Å². The molecule has 1 heterocycles. The second kappa shape index (κ2) is 4.44. The van der Waals surface area contributed by atoms with Gasteiger partial charge in [-0.15, -0.1) is 0 Å². The molecular weight excluding hydrogens is 202 g/mol. The van der Waals surface area contributed by atoms with Gasteiger partial charge < -0.3 is 9.47 Å². The molecule has 1 fully saturated rings. The molecule has 16 heavy (non-hydrogen) atoms. The van der Waals surface area contributed by atoms with E-state index in [-0.39, 0.29) is 5.72 Å². The molecule has 1 saturated heterocycles. The maximum Gasteiger partial charge on any atom is 0.118 e. The molecule has 0 bridgehead atoms. The van der Waals surface area contributed by atoms with E-state index in [4.69, 9.17) is 9.47 Å². The van der Waals surface area contributed by atoms with Gasteiger partial charge in [-0.2, -0.15) is 0 Å². The Labute approximate surface area is 96.8 Å². The van der Waals surface area contributed by atoms with Gasteiger partial charge in [0, 0.05) is 6.04 Å². The lowest BCUT2D eigenvalue weighted by atomic mass is 10.1. The fraction of sp³-hybridized carbons (Fsp3) is 0.538. The average molecular weight is 221 g/mol. The number of hydrogen-bond acceptors (Lipinski definition) is 3. The molecule has 1 aromatic rings. The molecule has 1 aromatic carbocycles. The van der Waals surface area contributed by atoms with Gasteiger partial charge in [0.1, 0.15) is 11.5 Å². The lowest BCUT2D eigenvalue weighted by Crippen LogP contribution is -2.39. The molecule has 3 heteroatoms. The Bertz CT molecular complexity index is 345. The van der Waals surface area contributed by atoms with Crippen LogP contribution in [0.15, 0.2) is 24.3 Å². The summed E-state index contributed by atoms with van der Waals surface area (Å²) in [6.07, 6.45) is 0.993. The third kappa shape index (κ3) is 2.74.